The topological polar surface area (TPSA) is 243 Å². The van der Waals surface area contributed by atoms with E-state index in [1.165, 1.54) is 0 Å². The molecule has 398 valence electrons. The zero-order valence-corrected chi connectivity index (χ0v) is 44.0. The summed E-state index contributed by atoms with van der Waals surface area (Å²) in [6.45, 7) is 16.5. The monoisotopic (exact) mass is 1010 g/mol. The van der Waals surface area contributed by atoms with Crippen molar-refractivity contribution in [3.8, 4) is 11.1 Å². The van der Waals surface area contributed by atoms with Gasteiger partial charge in [-0.25, -0.2) is 9.59 Å². The van der Waals surface area contributed by atoms with E-state index in [4.69, 9.17) is 24.2 Å². The Bertz CT molecular complexity index is 2330. The van der Waals surface area contributed by atoms with Crippen LogP contribution in [-0.4, -0.2) is 139 Å². The first-order valence-electron chi connectivity index (χ1n) is 25.6. The quantitative estimate of drug-likeness (QED) is 0.0421. The fourth-order valence-electron chi connectivity index (χ4n) is 9.61. The molecule has 0 saturated carbocycles. The molecule has 3 amide bonds. The molecule has 0 bridgehead atoms. The first-order chi connectivity index (χ1) is 34.6. The van der Waals surface area contributed by atoms with Gasteiger partial charge < -0.3 is 45.1 Å². The Labute approximate surface area is 429 Å². The number of aliphatic hydroxyl groups is 2. The summed E-state index contributed by atoms with van der Waals surface area (Å²) in [5.41, 5.74) is 4.97. The van der Waals surface area contributed by atoms with E-state index in [1.54, 1.807) is 4.90 Å². The van der Waals surface area contributed by atoms with Crippen LogP contribution in [-0.2, 0) is 38.2 Å². The number of allylic oxidation sites excluding steroid dienone is 4. The smallest absolute Gasteiger partial charge is 0.407 e. The van der Waals surface area contributed by atoms with E-state index in [0.717, 1.165) is 22.3 Å². The summed E-state index contributed by atoms with van der Waals surface area (Å²) in [4.78, 5) is 88.8. The van der Waals surface area contributed by atoms with Gasteiger partial charge in [-0.05, 0) is 64.2 Å². The van der Waals surface area contributed by atoms with Gasteiger partial charge in [-0.2, -0.15) is 0 Å². The van der Waals surface area contributed by atoms with Gasteiger partial charge in [-0.1, -0.05) is 104 Å². The summed E-state index contributed by atoms with van der Waals surface area (Å²) in [5, 5.41) is 36.8. The van der Waals surface area contributed by atoms with Crippen LogP contribution in [0.15, 0.2) is 81.2 Å². The molecule has 0 aliphatic heterocycles. The van der Waals surface area contributed by atoms with Crippen molar-refractivity contribution in [1.82, 2.24) is 15.5 Å². The summed E-state index contributed by atoms with van der Waals surface area (Å²) in [6, 6.07) is 14.4. The minimum atomic E-state index is -1.35. The van der Waals surface area contributed by atoms with Gasteiger partial charge >= 0.3 is 12.1 Å². The van der Waals surface area contributed by atoms with Crippen LogP contribution in [0.5, 0.6) is 0 Å². The van der Waals surface area contributed by atoms with E-state index < -0.39 is 24.0 Å². The molecule has 5 rings (SSSR count). The zero-order valence-electron chi connectivity index (χ0n) is 44.0. The number of aliphatic imine (C=N–C) groups is 2. The van der Waals surface area contributed by atoms with Crippen molar-refractivity contribution >= 4 is 46.9 Å². The SMILES string of the molecule is CC(C)CC(=NCCN(CCN=C(CC(C)C)C1=C(O)CC(C)(C)CC1=O)C(=O)COCCOCCNC(=O)CC[C@@H](NC(=O)OCC1c2ccccc2-c2ccccc21)C(=O)O)C1=C(O)CC(C)(C)CC1=O. The van der Waals surface area contributed by atoms with Crippen molar-refractivity contribution in [2.45, 2.75) is 119 Å². The van der Waals surface area contributed by atoms with Gasteiger partial charge in [0.05, 0.1) is 44.1 Å². The van der Waals surface area contributed by atoms with Crippen LogP contribution < -0.4 is 10.6 Å². The minimum Gasteiger partial charge on any atom is -0.511 e. The van der Waals surface area contributed by atoms with Crippen molar-refractivity contribution in [3.63, 3.8) is 0 Å². The highest BCUT2D eigenvalue weighted by molar-refractivity contribution is 6.24. The number of rotatable bonds is 27. The van der Waals surface area contributed by atoms with Gasteiger partial charge in [0.2, 0.25) is 11.8 Å². The second kappa shape index (κ2) is 26.7. The summed E-state index contributed by atoms with van der Waals surface area (Å²) in [7, 11) is 0. The van der Waals surface area contributed by atoms with Gasteiger partial charge in [0, 0.05) is 69.1 Å². The molecule has 17 heteroatoms. The molecule has 0 fully saturated rings. The number of carbonyl (C=O) groups is 6. The lowest BCUT2D eigenvalue weighted by molar-refractivity contribution is -0.140. The number of carboxylic acids is 1. The number of amides is 3. The number of Topliss-reactive ketones (excluding diaryl/α,β-unsaturated/α-hetero) is 2. The van der Waals surface area contributed by atoms with E-state index in [-0.39, 0.29) is 160 Å². The summed E-state index contributed by atoms with van der Waals surface area (Å²) in [6.07, 6.45) is 0.983. The molecule has 0 aromatic heterocycles. The molecule has 1 atom stereocenters. The number of ketones is 2. The fraction of sp³-hybridized carbons (Fsp3) is 0.571. The molecule has 0 radical (unpaired) electrons. The molecule has 0 heterocycles. The molecule has 0 unspecified atom stereocenters. The van der Waals surface area contributed by atoms with Crippen LogP contribution in [0.4, 0.5) is 4.79 Å². The molecule has 0 spiro atoms. The molecular formula is C56H77N5O12. The lowest BCUT2D eigenvalue weighted by atomic mass is 9.75. The first kappa shape index (κ1) is 57.7. The molecule has 3 aliphatic rings. The molecule has 2 aromatic carbocycles. The molecule has 2 aromatic rings. The number of hydrogen-bond donors (Lipinski definition) is 5. The maximum atomic E-state index is 13.7. The average Bonchev–Trinajstić information content (AvgIpc) is 3.61. The van der Waals surface area contributed by atoms with Crippen LogP contribution in [0.25, 0.3) is 11.1 Å². The van der Waals surface area contributed by atoms with E-state index in [1.807, 2.05) is 104 Å². The molecule has 5 N–H and O–H groups in total. The minimum absolute atomic E-state index is 0.0161. The number of nitrogens with zero attached hydrogens (tertiary/aromatic N) is 3. The fourth-order valence-corrected chi connectivity index (χ4v) is 9.61. The number of aliphatic hydroxyl groups excluding tert-OH is 2. The summed E-state index contributed by atoms with van der Waals surface area (Å²) < 4.78 is 16.8. The first-order valence-corrected chi connectivity index (χ1v) is 25.6. The number of aliphatic carboxylic acids is 1. The zero-order chi connectivity index (χ0) is 53.5. The highest BCUT2D eigenvalue weighted by atomic mass is 16.5. The number of hydrogen-bond acceptors (Lipinski definition) is 13. The number of fused-ring (bicyclic) bond motifs is 3. The number of benzene rings is 2. The lowest BCUT2D eigenvalue weighted by Gasteiger charge is -2.30. The van der Waals surface area contributed by atoms with Crippen molar-refractivity contribution in [3.05, 3.63) is 82.3 Å². The van der Waals surface area contributed by atoms with Crippen LogP contribution in [0.3, 0.4) is 0 Å². The Kier molecular flexibility index (Phi) is 21.1. The normalized spacial score (nSPS) is 17.2. The summed E-state index contributed by atoms with van der Waals surface area (Å²) in [5.74, 6) is -2.24. The van der Waals surface area contributed by atoms with E-state index in [9.17, 15) is 44.1 Å². The Balaban J connectivity index is 1.09. The van der Waals surface area contributed by atoms with Crippen LogP contribution >= 0.6 is 0 Å². The van der Waals surface area contributed by atoms with Crippen molar-refractivity contribution < 1.29 is 58.3 Å². The Morgan fingerprint density at radius 2 is 1.22 bits per heavy atom. The average molecular weight is 1010 g/mol. The maximum Gasteiger partial charge on any atom is 0.407 e. The van der Waals surface area contributed by atoms with Gasteiger partial charge in [-0.15, -0.1) is 0 Å². The molecule has 3 aliphatic carbocycles. The molecular weight excluding hydrogens is 935 g/mol. The molecule has 0 saturated heterocycles. The standard InChI is InChI=1S/C56H77N5O12/c1-35(2)27-43(51-45(62)29-55(5,6)30-46(51)63)57-19-22-61(23-20-58-44(28-36(3)4)52-47(64)31-56(7,8)32-48(52)65)50(67)34-72-26-25-71-24-21-59-49(66)18-17-42(53(68)69)60-54(70)73-33-41-39-15-11-9-13-37(39)38-14-10-12-16-40(38)41/h9-16,35-36,41-42,62,64H,17-34H2,1-8H3,(H,59,66)(H,60,70)(H,68,69)/t42-/m1/s1. The summed E-state index contributed by atoms with van der Waals surface area (Å²) >= 11 is 0. The predicted molar refractivity (Wildman–Crippen MR) is 279 cm³/mol. The second-order valence-electron chi connectivity index (χ2n) is 21.7. The Hall–Kier alpha value is -6.20. The van der Waals surface area contributed by atoms with E-state index >= 15 is 0 Å². The van der Waals surface area contributed by atoms with E-state index in [2.05, 4.69) is 10.6 Å². The van der Waals surface area contributed by atoms with Gasteiger partial charge in [0.25, 0.3) is 0 Å². The van der Waals surface area contributed by atoms with Gasteiger partial charge in [-0.3, -0.25) is 29.2 Å². The van der Waals surface area contributed by atoms with Gasteiger partial charge in [0.15, 0.2) is 11.6 Å². The highest BCUT2D eigenvalue weighted by Crippen LogP contribution is 2.44. The number of carboxylic acid groups (broad SMARTS) is 1. The number of ether oxygens (including phenoxy) is 3. The second-order valence-corrected chi connectivity index (χ2v) is 21.7. The van der Waals surface area contributed by atoms with Crippen LogP contribution in [0, 0.1) is 22.7 Å². The van der Waals surface area contributed by atoms with Crippen molar-refractivity contribution in [1.29, 1.82) is 0 Å². The maximum absolute atomic E-state index is 13.7. The van der Waals surface area contributed by atoms with Crippen molar-refractivity contribution in [2.24, 2.45) is 32.7 Å². The third-order valence-electron chi connectivity index (χ3n) is 12.9. The third kappa shape index (κ3) is 17.2. The number of alkyl carbamates (subject to hydrolysis) is 1. The Morgan fingerprint density at radius 1 is 0.726 bits per heavy atom. The van der Waals surface area contributed by atoms with E-state index in [0.29, 0.717) is 37.1 Å². The number of carbonyl (C=O) groups excluding carboxylic acids is 5. The molecule has 17 nitrogen and oxygen atoms in total. The van der Waals surface area contributed by atoms with Crippen molar-refractivity contribution in [2.75, 3.05) is 65.8 Å². The highest BCUT2D eigenvalue weighted by Gasteiger charge is 2.37. The largest absolute Gasteiger partial charge is 0.511 e. The third-order valence-corrected chi connectivity index (χ3v) is 12.9. The van der Waals surface area contributed by atoms with Crippen LogP contribution in [0.2, 0.25) is 0 Å². The number of nitrogens with one attached hydrogen (secondary N) is 2. The van der Waals surface area contributed by atoms with Crippen LogP contribution in [0.1, 0.15) is 124 Å². The van der Waals surface area contributed by atoms with Gasteiger partial charge in [0.1, 0.15) is 30.8 Å². The lowest BCUT2D eigenvalue weighted by Crippen LogP contribution is -2.42. The predicted octanol–water partition coefficient (Wildman–Crippen LogP) is 8.11. The Morgan fingerprint density at radius 3 is 1.70 bits per heavy atom. The molecule has 73 heavy (non-hydrogen) atoms.